The van der Waals surface area contributed by atoms with Crippen molar-refractivity contribution in [3.8, 4) is 0 Å². The maximum atomic E-state index is 6.46. The van der Waals surface area contributed by atoms with E-state index in [4.69, 9.17) is 23.6 Å². The Morgan fingerprint density at radius 2 is 0.917 bits per heavy atom. The number of hydrogen-bond acceptors (Lipinski definition) is 2. The minimum Gasteiger partial charge on any atom is -0.0879 e. The van der Waals surface area contributed by atoms with Crippen molar-refractivity contribution in [3.05, 3.63) is 43.5 Å². The van der Waals surface area contributed by atoms with Gasteiger partial charge in [-0.05, 0) is 75.1 Å². The monoisotopic (exact) mass is 394 g/mol. The van der Waals surface area contributed by atoms with Gasteiger partial charge in [0.25, 0.3) is 0 Å². The lowest BCUT2D eigenvalue weighted by Crippen LogP contribution is -2.19. The summed E-state index contributed by atoms with van der Waals surface area (Å²) in [7, 11) is 0. The first-order valence-electron chi connectivity index (χ1n) is 8.85. The average Bonchev–Trinajstić information content (AvgIpc) is 2.98. The summed E-state index contributed by atoms with van der Waals surface area (Å²) >= 11 is 12.9. The maximum Gasteiger partial charge on any atom is 0.0155 e. The molecule has 0 aromatic rings. The van der Waals surface area contributed by atoms with E-state index >= 15 is 0 Å². The molecule has 0 fully saturated rings. The number of fused-ring (bicyclic) bond motifs is 4. The Morgan fingerprint density at radius 3 is 1.17 bits per heavy atom. The van der Waals surface area contributed by atoms with Crippen molar-refractivity contribution in [2.75, 3.05) is 12.3 Å². The summed E-state index contributed by atoms with van der Waals surface area (Å²) < 4.78 is 0. The summed E-state index contributed by atoms with van der Waals surface area (Å²) in [6.07, 6.45) is 2.36. The normalized spacial score (nSPS) is 47.2. The van der Waals surface area contributed by atoms with Gasteiger partial charge in [0.15, 0.2) is 0 Å². The number of rotatable bonds is 1. The molecule has 4 aliphatic heterocycles. The van der Waals surface area contributed by atoms with Crippen LogP contribution in [-0.4, -0.2) is 12.3 Å². The minimum absolute atomic E-state index is 0.202. The highest BCUT2D eigenvalue weighted by molar-refractivity contribution is 8.22. The van der Waals surface area contributed by atoms with E-state index in [1.54, 1.807) is 32.9 Å². The molecule has 0 amide bonds. The van der Waals surface area contributed by atoms with E-state index < -0.39 is 12.1 Å². The van der Waals surface area contributed by atoms with Crippen molar-refractivity contribution in [1.82, 2.24) is 0 Å². The van der Waals surface area contributed by atoms with Gasteiger partial charge in [0.05, 0.1) is 0 Å². The standard InChI is InChI=1S/C20H28P2S2/c1-11-15(5)21(23)9-19(11,7)13(3)17(21)18-14(4)20(8)10-22(18,24)16(6)12(20)2/h9-10H2,1-8H3/t19-,20+,21-,22+. The predicted molar refractivity (Wildman–Crippen MR) is 117 cm³/mol. The molecule has 0 saturated carbocycles. The highest BCUT2D eigenvalue weighted by atomic mass is 32.4. The number of hydrogen-bond donors (Lipinski definition) is 0. The smallest absolute Gasteiger partial charge is 0.0155 e. The van der Waals surface area contributed by atoms with Gasteiger partial charge < -0.3 is 0 Å². The molecule has 4 heteroatoms. The summed E-state index contributed by atoms with van der Waals surface area (Å²) in [4.78, 5) is 0. The van der Waals surface area contributed by atoms with Crippen LogP contribution >= 0.6 is 12.1 Å². The molecule has 0 nitrogen and oxygen atoms in total. The first kappa shape index (κ1) is 17.7. The maximum absolute atomic E-state index is 6.46. The summed E-state index contributed by atoms with van der Waals surface area (Å²) in [5.74, 6) is 0. The van der Waals surface area contributed by atoms with Crippen molar-refractivity contribution >= 4 is 35.7 Å². The lowest BCUT2D eigenvalue weighted by Gasteiger charge is -2.34. The van der Waals surface area contributed by atoms with Gasteiger partial charge in [-0.1, -0.05) is 59.8 Å². The summed E-state index contributed by atoms with van der Waals surface area (Å²) in [5, 5.41) is 6.24. The molecule has 0 aromatic carbocycles. The van der Waals surface area contributed by atoms with Crippen LogP contribution in [0.5, 0.6) is 0 Å². The van der Waals surface area contributed by atoms with Gasteiger partial charge in [0, 0.05) is 22.9 Å². The van der Waals surface area contributed by atoms with E-state index in [1.165, 1.54) is 23.0 Å². The Balaban J connectivity index is 2.05. The molecule has 4 heterocycles. The van der Waals surface area contributed by atoms with E-state index in [0.717, 1.165) is 0 Å². The van der Waals surface area contributed by atoms with Gasteiger partial charge in [0.2, 0.25) is 0 Å². The predicted octanol–water partition coefficient (Wildman–Crippen LogP) is 7.15. The van der Waals surface area contributed by atoms with E-state index in [0.29, 0.717) is 0 Å². The molecule has 4 atom stereocenters. The van der Waals surface area contributed by atoms with Crippen LogP contribution in [0.25, 0.3) is 0 Å². The molecule has 0 saturated heterocycles. The zero-order valence-electron chi connectivity index (χ0n) is 16.1. The third-order valence-electron chi connectivity index (χ3n) is 8.21. The Bertz CT molecular complexity index is 878. The summed E-state index contributed by atoms with van der Waals surface area (Å²) in [5.41, 5.74) is 6.64. The van der Waals surface area contributed by atoms with Crippen LogP contribution in [0.15, 0.2) is 43.5 Å². The SMILES string of the molecule is CC1=C(C)[P@]2(=S)C[C@@]1(C)C(C)=C2C1=C(C)[C@@]2(C)C[P@]1(=S)C(C)=C2C. The fraction of sp³-hybridized carbons (Fsp3) is 0.600. The quantitative estimate of drug-likeness (QED) is 0.433. The Labute approximate surface area is 157 Å². The van der Waals surface area contributed by atoms with Crippen molar-refractivity contribution in [2.24, 2.45) is 10.8 Å². The third kappa shape index (κ3) is 1.56. The van der Waals surface area contributed by atoms with Gasteiger partial charge in [-0.15, -0.1) is 0 Å². The van der Waals surface area contributed by atoms with Crippen molar-refractivity contribution in [3.63, 3.8) is 0 Å². The molecule has 0 radical (unpaired) electrons. The van der Waals surface area contributed by atoms with E-state index in [9.17, 15) is 0 Å². The van der Waals surface area contributed by atoms with Crippen LogP contribution in [0.1, 0.15) is 55.4 Å². The molecule has 0 N–H and O–H groups in total. The molecule has 24 heavy (non-hydrogen) atoms. The molecule has 0 unspecified atom stereocenters. The summed E-state index contributed by atoms with van der Waals surface area (Å²) in [6.45, 7) is 18.9. The molecule has 130 valence electrons. The van der Waals surface area contributed by atoms with Gasteiger partial charge >= 0.3 is 0 Å². The van der Waals surface area contributed by atoms with E-state index in [2.05, 4.69) is 55.4 Å². The van der Waals surface area contributed by atoms with Crippen molar-refractivity contribution in [1.29, 1.82) is 0 Å². The lowest BCUT2D eigenvalue weighted by molar-refractivity contribution is 0.557. The van der Waals surface area contributed by atoms with Crippen LogP contribution in [0.2, 0.25) is 0 Å². The fourth-order valence-electron chi connectivity index (χ4n) is 5.76. The van der Waals surface area contributed by atoms with Gasteiger partial charge in [0.1, 0.15) is 0 Å². The molecular weight excluding hydrogens is 366 g/mol. The number of allylic oxidation sites excluding steroid dienone is 8. The van der Waals surface area contributed by atoms with Crippen LogP contribution in [-0.2, 0) is 23.6 Å². The largest absolute Gasteiger partial charge is 0.0879 e. The molecule has 4 bridgehead atoms. The Hall–Kier alpha value is 0.260. The minimum atomic E-state index is -1.62. The van der Waals surface area contributed by atoms with E-state index in [1.807, 2.05) is 0 Å². The highest BCUT2D eigenvalue weighted by Gasteiger charge is 2.59. The third-order valence-corrected chi connectivity index (χ3v) is 19.5. The molecule has 0 aliphatic carbocycles. The van der Waals surface area contributed by atoms with Gasteiger partial charge in [-0.2, -0.15) is 0 Å². The van der Waals surface area contributed by atoms with Crippen LogP contribution < -0.4 is 0 Å². The fourth-order valence-corrected chi connectivity index (χ4v) is 19.3. The second-order valence-electron chi connectivity index (χ2n) is 8.83. The molecule has 0 aromatic heterocycles. The zero-order chi connectivity index (χ0) is 18.0. The van der Waals surface area contributed by atoms with Gasteiger partial charge in [-0.25, -0.2) is 0 Å². The second kappa shape index (κ2) is 4.56. The summed E-state index contributed by atoms with van der Waals surface area (Å²) in [6, 6.07) is -3.24. The van der Waals surface area contributed by atoms with Crippen LogP contribution in [0.3, 0.4) is 0 Å². The molecule has 0 spiro atoms. The molecule has 4 aliphatic rings. The van der Waals surface area contributed by atoms with E-state index in [-0.39, 0.29) is 10.8 Å². The van der Waals surface area contributed by atoms with Crippen molar-refractivity contribution in [2.45, 2.75) is 55.4 Å². The second-order valence-corrected chi connectivity index (χ2v) is 18.4. The lowest BCUT2D eigenvalue weighted by atomic mass is 9.76. The molecular formula is C20H28P2S2. The van der Waals surface area contributed by atoms with Gasteiger partial charge in [-0.3, -0.25) is 0 Å². The van der Waals surface area contributed by atoms with Crippen molar-refractivity contribution < 1.29 is 0 Å². The first-order valence-corrected chi connectivity index (χ1v) is 14.8. The van der Waals surface area contributed by atoms with Crippen LogP contribution in [0.4, 0.5) is 0 Å². The Kier molecular flexibility index (Phi) is 3.36. The first-order chi connectivity index (χ1) is 10.9. The average molecular weight is 395 g/mol. The Morgan fingerprint density at radius 1 is 0.625 bits per heavy atom. The highest BCUT2D eigenvalue weighted by Crippen LogP contribution is 2.88. The molecule has 4 rings (SSSR count). The topological polar surface area (TPSA) is 0 Å². The van der Waals surface area contributed by atoms with Crippen LogP contribution in [0, 0.1) is 10.8 Å². The zero-order valence-corrected chi connectivity index (χ0v) is 19.5.